The minimum Gasteiger partial charge on any atom is -0.384 e. The number of anilines is 1. The highest BCUT2D eigenvalue weighted by Crippen LogP contribution is 2.22. The van der Waals surface area contributed by atoms with Gasteiger partial charge in [0.15, 0.2) is 5.78 Å². The van der Waals surface area contributed by atoms with Crippen LogP contribution >= 0.6 is 0 Å². The number of aromatic amines is 1. The number of likely N-dealkylation sites (tertiary alicyclic amines) is 2. The Morgan fingerprint density at radius 2 is 1.83 bits per heavy atom. The number of carbonyl (C=O) groups excluding carboxylic acids is 2. The molecule has 3 heterocycles. The van der Waals surface area contributed by atoms with Crippen LogP contribution in [0.3, 0.4) is 0 Å². The first-order chi connectivity index (χ1) is 13.9. The molecule has 29 heavy (non-hydrogen) atoms. The molecule has 10 nitrogen and oxygen atoms in total. The van der Waals surface area contributed by atoms with Gasteiger partial charge in [0.1, 0.15) is 11.4 Å². The Hall–Kier alpha value is -2.46. The maximum absolute atomic E-state index is 13.0. The van der Waals surface area contributed by atoms with Gasteiger partial charge in [-0.25, -0.2) is 4.79 Å². The summed E-state index contributed by atoms with van der Waals surface area (Å²) < 4.78 is 6.08. The van der Waals surface area contributed by atoms with Crippen molar-refractivity contribution in [3.8, 4) is 0 Å². The Bertz CT molecular complexity index is 871. The van der Waals surface area contributed by atoms with E-state index in [9.17, 15) is 19.2 Å². The standard InChI is InChI=1S/C19H29N5O5/c1-29-11-10-24-16(20)15(17(26)21-19(24)28)14(25)12-23-9-3-2-6-13(23)18(27)22-7-4-5-8-22/h13H,2-12,20H2,1H3,(H,21,26,28). The number of piperidine rings is 1. The normalized spacial score (nSPS) is 20.2. The molecular weight excluding hydrogens is 378 g/mol. The molecule has 160 valence electrons. The molecular formula is C19H29N5O5. The summed E-state index contributed by atoms with van der Waals surface area (Å²) in [6.07, 6.45) is 4.52. The Balaban J connectivity index is 1.81. The second kappa shape index (κ2) is 9.36. The summed E-state index contributed by atoms with van der Waals surface area (Å²) in [7, 11) is 1.48. The first-order valence-electron chi connectivity index (χ1n) is 10.1. The lowest BCUT2D eigenvalue weighted by Gasteiger charge is -2.36. The van der Waals surface area contributed by atoms with Gasteiger partial charge in [-0.1, -0.05) is 6.42 Å². The first-order valence-corrected chi connectivity index (χ1v) is 10.1. The summed E-state index contributed by atoms with van der Waals surface area (Å²) >= 11 is 0. The van der Waals surface area contributed by atoms with Gasteiger partial charge in [0, 0.05) is 20.2 Å². The molecule has 1 unspecified atom stereocenters. The van der Waals surface area contributed by atoms with Crippen LogP contribution in [0.15, 0.2) is 9.59 Å². The summed E-state index contributed by atoms with van der Waals surface area (Å²) in [6.45, 7) is 2.37. The number of Topliss-reactive ketones (excluding diaryl/α,β-unsaturated/α-hetero) is 1. The minimum atomic E-state index is -0.800. The highest BCUT2D eigenvalue weighted by Gasteiger charge is 2.34. The third-order valence-corrected chi connectivity index (χ3v) is 5.70. The van der Waals surface area contributed by atoms with Gasteiger partial charge in [-0.15, -0.1) is 0 Å². The number of nitrogens with two attached hydrogens (primary N) is 1. The maximum Gasteiger partial charge on any atom is 0.330 e. The van der Waals surface area contributed by atoms with Crippen molar-refractivity contribution in [2.24, 2.45) is 0 Å². The van der Waals surface area contributed by atoms with Crippen LogP contribution in [0, 0.1) is 0 Å². The summed E-state index contributed by atoms with van der Waals surface area (Å²) in [4.78, 5) is 56.0. The smallest absolute Gasteiger partial charge is 0.330 e. The summed E-state index contributed by atoms with van der Waals surface area (Å²) in [5.41, 5.74) is 4.28. The van der Waals surface area contributed by atoms with E-state index in [1.54, 1.807) is 0 Å². The molecule has 1 aromatic rings. The molecule has 0 spiro atoms. The lowest BCUT2D eigenvalue weighted by molar-refractivity contribution is -0.136. The van der Waals surface area contributed by atoms with E-state index in [0.717, 1.165) is 43.3 Å². The van der Waals surface area contributed by atoms with Crippen molar-refractivity contribution >= 4 is 17.5 Å². The van der Waals surface area contributed by atoms with Crippen LogP contribution in [0.5, 0.6) is 0 Å². The highest BCUT2D eigenvalue weighted by molar-refractivity contribution is 6.01. The van der Waals surface area contributed by atoms with Crippen molar-refractivity contribution in [3.63, 3.8) is 0 Å². The molecule has 3 N–H and O–H groups in total. The van der Waals surface area contributed by atoms with Crippen LogP contribution in [-0.2, 0) is 16.1 Å². The second-order valence-electron chi connectivity index (χ2n) is 7.60. The average molecular weight is 407 g/mol. The predicted molar refractivity (Wildman–Crippen MR) is 107 cm³/mol. The first kappa shape index (κ1) is 21.3. The minimum absolute atomic E-state index is 0.0574. The Morgan fingerprint density at radius 3 is 2.52 bits per heavy atom. The van der Waals surface area contributed by atoms with Crippen molar-refractivity contribution in [2.75, 3.05) is 45.6 Å². The quantitative estimate of drug-likeness (QED) is 0.579. The number of hydrogen-bond acceptors (Lipinski definition) is 7. The van der Waals surface area contributed by atoms with Crippen LogP contribution < -0.4 is 17.0 Å². The number of hydrogen-bond donors (Lipinski definition) is 2. The molecule has 0 aromatic carbocycles. The molecule has 10 heteroatoms. The largest absolute Gasteiger partial charge is 0.384 e. The molecule has 1 amide bonds. The number of amides is 1. The number of ether oxygens (including phenoxy) is 1. The predicted octanol–water partition coefficient (Wildman–Crippen LogP) is -0.575. The molecule has 3 rings (SSSR count). The van der Waals surface area contributed by atoms with Crippen LogP contribution in [0.4, 0.5) is 5.82 Å². The van der Waals surface area contributed by atoms with Crippen molar-refractivity contribution in [1.82, 2.24) is 19.4 Å². The van der Waals surface area contributed by atoms with Gasteiger partial charge >= 0.3 is 5.69 Å². The van der Waals surface area contributed by atoms with Crippen LogP contribution in [0.2, 0.25) is 0 Å². The van der Waals surface area contributed by atoms with E-state index in [4.69, 9.17) is 10.5 Å². The van der Waals surface area contributed by atoms with Gasteiger partial charge < -0.3 is 15.4 Å². The number of nitrogens with zero attached hydrogens (tertiary/aromatic N) is 3. The second-order valence-corrected chi connectivity index (χ2v) is 7.60. The number of ketones is 1. The zero-order valence-electron chi connectivity index (χ0n) is 16.8. The van der Waals surface area contributed by atoms with E-state index < -0.39 is 17.0 Å². The molecule has 1 atom stereocenters. The van der Waals surface area contributed by atoms with Gasteiger partial charge in [-0.05, 0) is 32.2 Å². The molecule has 2 aliphatic rings. The number of methoxy groups -OCH3 is 1. The molecule has 1 aromatic heterocycles. The fraction of sp³-hybridized carbons (Fsp3) is 0.684. The Labute approximate surface area is 168 Å². The maximum atomic E-state index is 13.0. The molecule has 2 saturated heterocycles. The topological polar surface area (TPSA) is 131 Å². The SMILES string of the molecule is COCCn1c(N)c(C(=O)CN2CCCCC2C(=O)N2CCCC2)c(=O)[nH]c1=O. The summed E-state index contributed by atoms with van der Waals surface area (Å²) in [5, 5.41) is 0. The van der Waals surface area contributed by atoms with Crippen molar-refractivity contribution in [1.29, 1.82) is 0 Å². The third kappa shape index (κ3) is 4.59. The fourth-order valence-electron chi connectivity index (χ4n) is 4.13. The monoisotopic (exact) mass is 407 g/mol. The van der Waals surface area contributed by atoms with E-state index >= 15 is 0 Å². The number of carbonyl (C=O) groups is 2. The van der Waals surface area contributed by atoms with E-state index in [1.165, 1.54) is 7.11 Å². The highest BCUT2D eigenvalue weighted by atomic mass is 16.5. The number of nitrogen functional groups attached to an aromatic ring is 1. The lowest BCUT2D eigenvalue weighted by atomic mass is 9.99. The number of rotatable bonds is 7. The number of aromatic nitrogens is 2. The summed E-state index contributed by atoms with van der Waals surface area (Å²) in [6, 6.07) is -0.356. The summed E-state index contributed by atoms with van der Waals surface area (Å²) in [5.74, 6) is -0.599. The Kier molecular flexibility index (Phi) is 6.86. The fourth-order valence-corrected chi connectivity index (χ4v) is 4.13. The molecule has 0 saturated carbocycles. The van der Waals surface area contributed by atoms with E-state index in [2.05, 4.69) is 4.98 Å². The van der Waals surface area contributed by atoms with Crippen molar-refractivity contribution < 1.29 is 14.3 Å². The molecule has 0 radical (unpaired) electrons. The Morgan fingerprint density at radius 1 is 1.14 bits per heavy atom. The van der Waals surface area contributed by atoms with Crippen LogP contribution in [0.1, 0.15) is 42.5 Å². The molecule has 0 aliphatic carbocycles. The van der Waals surface area contributed by atoms with Crippen LogP contribution in [0.25, 0.3) is 0 Å². The van der Waals surface area contributed by atoms with Crippen molar-refractivity contribution in [2.45, 2.75) is 44.7 Å². The van der Waals surface area contributed by atoms with Crippen molar-refractivity contribution in [3.05, 3.63) is 26.4 Å². The van der Waals surface area contributed by atoms with Crippen LogP contribution in [-0.4, -0.2) is 77.0 Å². The zero-order valence-corrected chi connectivity index (χ0v) is 16.8. The van der Waals surface area contributed by atoms with Gasteiger partial charge in [0.2, 0.25) is 5.91 Å². The molecule has 2 aliphatic heterocycles. The lowest BCUT2D eigenvalue weighted by Crippen LogP contribution is -2.52. The molecule has 2 fully saturated rings. The van der Waals surface area contributed by atoms with Gasteiger partial charge in [-0.3, -0.25) is 28.8 Å². The van der Waals surface area contributed by atoms with E-state index in [1.807, 2.05) is 9.80 Å². The van der Waals surface area contributed by atoms with E-state index in [0.29, 0.717) is 13.0 Å². The molecule has 0 bridgehead atoms. The van der Waals surface area contributed by atoms with Gasteiger partial charge in [0.05, 0.1) is 25.7 Å². The average Bonchev–Trinajstić information content (AvgIpc) is 3.22. The van der Waals surface area contributed by atoms with E-state index in [-0.39, 0.29) is 43.0 Å². The van der Waals surface area contributed by atoms with Gasteiger partial charge in [-0.2, -0.15) is 0 Å². The van der Waals surface area contributed by atoms with Gasteiger partial charge in [0.25, 0.3) is 5.56 Å². The zero-order chi connectivity index (χ0) is 21.0. The number of nitrogens with one attached hydrogen (secondary N) is 1. The third-order valence-electron chi connectivity index (χ3n) is 5.70. The number of H-pyrrole nitrogens is 1.